The fraction of sp³-hybridized carbons (Fsp3) is 0.400. The van der Waals surface area contributed by atoms with Gasteiger partial charge in [0, 0.05) is 17.6 Å². The van der Waals surface area contributed by atoms with Gasteiger partial charge in [0.25, 0.3) is 0 Å². The van der Waals surface area contributed by atoms with E-state index in [-0.39, 0.29) is 23.6 Å². The summed E-state index contributed by atoms with van der Waals surface area (Å²) in [5, 5.41) is 33.7. The molecule has 3 atom stereocenters. The van der Waals surface area contributed by atoms with Crippen LogP contribution in [-0.2, 0) is 12.8 Å². The maximum Gasteiger partial charge on any atom is 0.161 e. The van der Waals surface area contributed by atoms with E-state index >= 15 is 0 Å². The summed E-state index contributed by atoms with van der Waals surface area (Å²) < 4.78 is 5.17. The van der Waals surface area contributed by atoms with Crippen molar-refractivity contribution in [3.63, 3.8) is 0 Å². The minimum atomic E-state index is -0.700. The van der Waals surface area contributed by atoms with Crippen molar-refractivity contribution in [1.82, 2.24) is 5.32 Å². The Hall–Kier alpha value is -2.24. The first-order chi connectivity index (χ1) is 12.0. The van der Waals surface area contributed by atoms with E-state index in [1.54, 1.807) is 13.2 Å². The van der Waals surface area contributed by atoms with Gasteiger partial charge in [0.15, 0.2) is 11.5 Å². The summed E-state index contributed by atoms with van der Waals surface area (Å²) in [4.78, 5) is 0. The Morgan fingerprint density at radius 3 is 2.56 bits per heavy atom. The number of rotatable bonds is 5. The molecule has 4 N–H and O–H groups in total. The van der Waals surface area contributed by atoms with Gasteiger partial charge in [0.1, 0.15) is 5.75 Å². The molecule has 0 spiro atoms. The van der Waals surface area contributed by atoms with Crippen molar-refractivity contribution in [2.24, 2.45) is 0 Å². The largest absolute Gasteiger partial charge is 0.504 e. The van der Waals surface area contributed by atoms with E-state index in [9.17, 15) is 15.3 Å². The van der Waals surface area contributed by atoms with E-state index in [1.807, 2.05) is 24.3 Å². The van der Waals surface area contributed by atoms with Crippen molar-refractivity contribution in [3.8, 4) is 17.2 Å². The second-order valence-electron chi connectivity index (χ2n) is 6.71. The van der Waals surface area contributed by atoms with Gasteiger partial charge in [-0.25, -0.2) is 0 Å². The van der Waals surface area contributed by atoms with Crippen LogP contribution in [-0.4, -0.2) is 34.5 Å². The highest BCUT2D eigenvalue weighted by Gasteiger charge is 2.31. The number of phenols is 2. The van der Waals surface area contributed by atoms with Gasteiger partial charge in [0.2, 0.25) is 0 Å². The molecule has 5 heteroatoms. The number of methoxy groups -OCH3 is 1. The highest BCUT2D eigenvalue weighted by Crippen LogP contribution is 2.39. The first-order valence-corrected chi connectivity index (χ1v) is 8.60. The minimum Gasteiger partial charge on any atom is -0.504 e. The fourth-order valence-electron chi connectivity index (χ4n) is 3.57. The van der Waals surface area contributed by atoms with Crippen molar-refractivity contribution in [2.45, 2.75) is 44.4 Å². The zero-order valence-electron chi connectivity index (χ0n) is 14.6. The Balaban J connectivity index is 1.65. The van der Waals surface area contributed by atoms with Gasteiger partial charge >= 0.3 is 0 Å². The topological polar surface area (TPSA) is 82.0 Å². The standard InChI is InChI=1S/C20H25NO4/c1-12(11-13-3-5-14(25-2)6-4-13)21-17-9-7-16-15(19(17)23)8-10-18(22)20(16)24/h3-6,8,10,12,17,19,21-24H,7,9,11H2,1-2H3/t12?,17-,19-/m0/s1. The lowest BCUT2D eigenvalue weighted by atomic mass is 9.84. The lowest BCUT2D eigenvalue weighted by Crippen LogP contribution is -2.43. The van der Waals surface area contributed by atoms with Gasteiger partial charge in [0.05, 0.1) is 13.2 Å². The van der Waals surface area contributed by atoms with Crippen LogP contribution in [0.5, 0.6) is 17.2 Å². The first-order valence-electron chi connectivity index (χ1n) is 8.60. The summed E-state index contributed by atoms with van der Waals surface area (Å²) in [6, 6.07) is 11.2. The second kappa shape index (κ2) is 7.33. The lowest BCUT2D eigenvalue weighted by molar-refractivity contribution is 0.108. The molecule has 2 aromatic carbocycles. The van der Waals surface area contributed by atoms with E-state index in [1.165, 1.54) is 11.6 Å². The Kier molecular flexibility index (Phi) is 5.16. The number of benzene rings is 2. The van der Waals surface area contributed by atoms with Crippen LogP contribution < -0.4 is 10.1 Å². The predicted octanol–water partition coefficient (Wildman–Crippen LogP) is 2.68. The number of aliphatic hydroxyl groups excluding tert-OH is 1. The average Bonchev–Trinajstić information content (AvgIpc) is 2.61. The molecule has 0 aliphatic heterocycles. The molecule has 3 rings (SSSR count). The van der Waals surface area contributed by atoms with Crippen LogP contribution in [0.1, 0.15) is 36.1 Å². The molecule has 0 saturated carbocycles. The zero-order chi connectivity index (χ0) is 18.0. The van der Waals surface area contributed by atoms with E-state index in [0.717, 1.165) is 12.2 Å². The van der Waals surface area contributed by atoms with Gasteiger partial charge in [-0.1, -0.05) is 18.2 Å². The van der Waals surface area contributed by atoms with Crippen molar-refractivity contribution in [3.05, 3.63) is 53.1 Å². The molecule has 134 valence electrons. The summed E-state index contributed by atoms with van der Waals surface area (Å²) in [5.74, 6) is 0.596. The molecule has 0 amide bonds. The molecule has 0 bridgehead atoms. The van der Waals surface area contributed by atoms with E-state index < -0.39 is 6.10 Å². The minimum absolute atomic E-state index is 0.0790. The average molecular weight is 343 g/mol. The molecular formula is C20H25NO4. The summed E-state index contributed by atoms with van der Waals surface area (Å²) in [7, 11) is 1.65. The molecule has 25 heavy (non-hydrogen) atoms. The monoisotopic (exact) mass is 343 g/mol. The third-order valence-electron chi connectivity index (χ3n) is 4.90. The number of ether oxygens (including phenoxy) is 1. The Morgan fingerprint density at radius 2 is 1.88 bits per heavy atom. The summed E-state index contributed by atoms with van der Waals surface area (Å²) in [5.41, 5.74) is 2.54. The highest BCUT2D eigenvalue weighted by atomic mass is 16.5. The van der Waals surface area contributed by atoms with Crippen LogP contribution in [0.15, 0.2) is 36.4 Å². The number of hydrogen-bond acceptors (Lipinski definition) is 5. The van der Waals surface area contributed by atoms with E-state index in [4.69, 9.17) is 4.74 Å². The van der Waals surface area contributed by atoms with Crippen LogP contribution in [0.25, 0.3) is 0 Å². The summed E-state index contributed by atoms with van der Waals surface area (Å²) >= 11 is 0. The smallest absolute Gasteiger partial charge is 0.161 e. The van der Waals surface area contributed by atoms with Gasteiger partial charge in [-0.15, -0.1) is 0 Å². The van der Waals surface area contributed by atoms with Crippen molar-refractivity contribution >= 4 is 0 Å². The maximum absolute atomic E-state index is 10.6. The Bertz CT molecular complexity index is 729. The van der Waals surface area contributed by atoms with Crippen LogP contribution in [0, 0.1) is 0 Å². The third kappa shape index (κ3) is 3.72. The van der Waals surface area contributed by atoms with Gasteiger partial charge in [-0.3, -0.25) is 0 Å². The number of nitrogens with one attached hydrogen (secondary N) is 1. The molecule has 1 aliphatic carbocycles. The quantitative estimate of drug-likeness (QED) is 0.628. The molecule has 2 aromatic rings. The van der Waals surface area contributed by atoms with E-state index in [2.05, 4.69) is 12.2 Å². The SMILES string of the molecule is COc1ccc(CC(C)N[C@H]2CCc3c(ccc(O)c3O)[C@@H]2O)cc1. The highest BCUT2D eigenvalue weighted by molar-refractivity contribution is 5.51. The molecular weight excluding hydrogens is 318 g/mol. The Labute approximate surface area is 147 Å². The van der Waals surface area contributed by atoms with Crippen LogP contribution >= 0.6 is 0 Å². The normalized spacial score (nSPS) is 20.8. The van der Waals surface area contributed by atoms with Crippen LogP contribution in [0.4, 0.5) is 0 Å². The number of fused-ring (bicyclic) bond motifs is 1. The molecule has 0 heterocycles. The molecule has 0 aromatic heterocycles. The molecule has 1 aliphatic rings. The predicted molar refractivity (Wildman–Crippen MR) is 96.1 cm³/mol. The summed E-state index contributed by atoms with van der Waals surface area (Å²) in [6.07, 6.45) is 1.48. The van der Waals surface area contributed by atoms with Crippen LogP contribution in [0.3, 0.4) is 0 Å². The molecule has 5 nitrogen and oxygen atoms in total. The molecule has 1 unspecified atom stereocenters. The fourth-order valence-corrected chi connectivity index (χ4v) is 3.57. The van der Waals surface area contributed by atoms with Crippen molar-refractivity contribution in [1.29, 1.82) is 0 Å². The van der Waals surface area contributed by atoms with Crippen LogP contribution in [0.2, 0.25) is 0 Å². The lowest BCUT2D eigenvalue weighted by Gasteiger charge is -2.33. The molecule has 0 fully saturated rings. The first kappa shape index (κ1) is 17.6. The molecule has 0 radical (unpaired) electrons. The van der Waals surface area contributed by atoms with Gasteiger partial charge < -0.3 is 25.4 Å². The number of phenolic OH excluding ortho intramolecular Hbond substituents is 2. The Morgan fingerprint density at radius 1 is 1.16 bits per heavy atom. The summed E-state index contributed by atoms with van der Waals surface area (Å²) in [6.45, 7) is 2.10. The van der Waals surface area contributed by atoms with Crippen molar-refractivity contribution < 1.29 is 20.1 Å². The zero-order valence-corrected chi connectivity index (χ0v) is 14.6. The number of hydrogen-bond donors (Lipinski definition) is 4. The van der Waals surface area contributed by atoms with E-state index in [0.29, 0.717) is 24.0 Å². The maximum atomic E-state index is 10.6. The molecule has 0 saturated heterocycles. The van der Waals surface area contributed by atoms with Crippen molar-refractivity contribution in [2.75, 3.05) is 7.11 Å². The third-order valence-corrected chi connectivity index (χ3v) is 4.90. The second-order valence-corrected chi connectivity index (χ2v) is 6.71. The number of aromatic hydroxyl groups is 2. The van der Waals surface area contributed by atoms with Gasteiger partial charge in [-0.05, 0) is 55.5 Å². The van der Waals surface area contributed by atoms with Gasteiger partial charge in [-0.2, -0.15) is 0 Å². The number of aliphatic hydroxyl groups is 1.